The second kappa shape index (κ2) is 7.81. The SMILES string of the molecule is C=Cc1ccccc1C(=O)/C=C/C=C\Cc1ccccc1. The molecule has 2 aromatic rings. The Balaban J connectivity index is 1.95. The maximum Gasteiger partial charge on any atom is 0.186 e. The van der Waals surface area contributed by atoms with Crippen LogP contribution >= 0.6 is 0 Å². The smallest absolute Gasteiger partial charge is 0.186 e. The maximum absolute atomic E-state index is 12.1. The molecule has 0 bridgehead atoms. The molecule has 0 spiro atoms. The van der Waals surface area contributed by atoms with Crippen LogP contribution in [0, 0.1) is 0 Å². The van der Waals surface area contributed by atoms with Crippen molar-refractivity contribution in [2.75, 3.05) is 0 Å². The van der Waals surface area contributed by atoms with Crippen molar-refractivity contribution in [3.8, 4) is 0 Å². The Bertz CT molecular complexity index is 663. The van der Waals surface area contributed by atoms with Gasteiger partial charge in [0.1, 0.15) is 0 Å². The first-order valence-corrected chi connectivity index (χ1v) is 6.94. The summed E-state index contributed by atoms with van der Waals surface area (Å²) in [6.07, 6.45) is 9.88. The Kier molecular flexibility index (Phi) is 5.48. The van der Waals surface area contributed by atoms with Gasteiger partial charge in [0.2, 0.25) is 0 Å². The molecule has 2 rings (SSSR count). The molecule has 0 fully saturated rings. The van der Waals surface area contributed by atoms with E-state index in [-0.39, 0.29) is 5.78 Å². The molecule has 0 atom stereocenters. The zero-order chi connectivity index (χ0) is 14.9. The summed E-state index contributed by atoms with van der Waals surface area (Å²) in [4.78, 5) is 12.1. The molecule has 0 amide bonds. The number of hydrogen-bond acceptors (Lipinski definition) is 1. The minimum atomic E-state index is -0.00476. The Morgan fingerprint density at radius 2 is 1.67 bits per heavy atom. The van der Waals surface area contributed by atoms with Gasteiger partial charge in [0.15, 0.2) is 5.78 Å². The number of rotatable bonds is 6. The number of allylic oxidation sites excluding steroid dienone is 4. The molecule has 0 aliphatic heterocycles. The fourth-order valence-corrected chi connectivity index (χ4v) is 2.03. The Labute approximate surface area is 126 Å². The summed E-state index contributed by atoms with van der Waals surface area (Å²) < 4.78 is 0. The molecule has 0 unspecified atom stereocenters. The number of benzene rings is 2. The molecule has 0 heterocycles. The monoisotopic (exact) mass is 274 g/mol. The van der Waals surface area contributed by atoms with Crippen molar-refractivity contribution >= 4 is 11.9 Å². The molecule has 1 nitrogen and oxygen atoms in total. The van der Waals surface area contributed by atoms with Crippen LogP contribution in [0.25, 0.3) is 6.08 Å². The quantitative estimate of drug-likeness (QED) is 0.417. The molecular weight excluding hydrogens is 256 g/mol. The van der Waals surface area contributed by atoms with Gasteiger partial charge >= 0.3 is 0 Å². The van der Waals surface area contributed by atoms with Crippen molar-refractivity contribution in [3.63, 3.8) is 0 Å². The van der Waals surface area contributed by atoms with Gasteiger partial charge in [0, 0.05) is 5.56 Å². The van der Waals surface area contributed by atoms with Gasteiger partial charge < -0.3 is 0 Å². The Morgan fingerprint density at radius 1 is 0.952 bits per heavy atom. The summed E-state index contributed by atoms with van der Waals surface area (Å²) in [6, 6.07) is 17.7. The first-order valence-electron chi connectivity index (χ1n) is 6.94. The highest BCUT2D eigenvalue weighted by atomic mass is 16.1. The molecule has 0 aliphatic carbocycles. The van der Waals surface area contributed by atoms with E-state index in [9.17, 15) is 4.79 Å². The van der Waals surface area contributed by atoms with Crippen LogP contribution in [-0.2, 0) is 6.42 Å². The van der Waals surface area contributed by atoms with Crippen molar-refractivity contribution in [3.05, 3.63) is 102 Å². The molecule has 2 aromatic carbocycles. The van der Waals surface area contributed by atoms with E-state index in [4.69, 9.17) is 0 Å². The van der Waals surface area contributed by atoms with Gasteiger partial charge in [-0.1, -0.05) is 85.5 Å². The minimum absolute atomic E-state index is 0.00476. The van der Waals surface area contributed by atoms with Crippen LogP contribution in [0.15, 0.2) is 85.5 Å². The molecule has 0 saturated carbocycles. The molecule has 1 heteroatoms. The molecule has 0 N–H and O–H groups in total. The highest BCUT2D eigenvalue weighted by Crippen LogP contribution is 2.11. The average Bonchev–Trinajstić information content (AvgIpc) is 2.55. The topological polar surface area (TPSA) is 17.1 Å². The van der Waals surface area contributed by atoms with Crippen LogP contribution in [0.1, 0.15) is 21.5 Å². The number of carbonyl (C=O) groups excluding carboxylic acids is 1. The standard InChI is InChI=1S/C20H18O/c1-2-18-14-9-10-15-19(18)20(21)16-8-4-7-13-17-11-5-3-6-12-17/h2-12,14-16H,1,13H2/b7-4-,16-8+. The summed E-state index contributed by atoms with van der Waals surface area (Å²) >= 11 is 0. The normalized spacial score (nSPS) is 11.0. The van der Waals surface area contributed by atoms with Crippen LogP contribution < -0.4 is 0 Å². The second-order valence-corrected chi connectivity index (χ2v) is 4.63. The van der Waals surface area contributed by atoms with E-state index < -0.39 is 0 Å². The first kappa shape index (κ1) is 14.7. The average molecular weight is 274 g/mol. The van der Waals surface area contributed by atoms with E-state index in [1.54, 1.807) is 18.2 Å². The third-order valence-corrected chi connectivity index (χ3v) is 3.14. The van der Waals surface area contributed by atoms with Crippen molar-refractivity contribution in [2.24, 2.45) is 0 Å². The molecule has 0 aromatic heterocycles. The lowest BCUT2D eigenvalue weighted by Gasteiger charge is -2.00. The number of ketones is 1. The molecule has 21 heavy (non-hydrogen) atoms. The highest BCUT2D eigenvalue weighted by molar-refractivity contribution is 6.07. The molecule has 104 valence electrons. The van der Waals surface area contributed by atoms with Crippen molar-refractivity contribution in [2.45, 2.75) is 6.42 Å². The van der Waals surface area contributed by atoms with Crippen molar-refractivity contribution in [1.29, 1.82) is 0 Å². The molecule has 0 saturated heterocycles. The fraction of sp³-hybridized carbons (Fsp3) is 0.0500. The zero-order valence-corrected chi connectivity index (χ0v) is 11.9. The second-order valence-electron chi connectivity index (χ2n) is 4.63. The van der Waals surface area contributed by atoms with Gasteiger partial charge in [-0.05, 0) is 23.6 Å². The predicted octanol–water partition coefficient (Wildman–Crippen LogP) is 4.87. The van der Waals surface area contributed by atoms with Crippen LogP contribution in [0.2, 0.25) is 0 Å². The highest BCUT2D eigenvalue weighted by Gasteiger charge is 2.04. The largest absolute Gasteiger partial charge is 0.289 e. The lowest BCUT2D eigenvalue weighted by molar-refractivity contribution is 0.104. The van der Waals surface area contributed by atoms with Gasteiger partial charge in [-0.2, -0.15) is 0 Å². The fourth-order valence-electron chi connectivity index (χ4n) is 2.03. The van der Waals surface area contributed by atoms with Gasteiger partial charge in [-0.15, -0.1) is 0 Å². The van der Waals surface area contributed by atoms with Crippen LogP contribution in [0.3, 0.4) is 0 Å². The zero-order valence-electron chi connectivity index (χ0n) is 11.9. The van der Waals surface area contributed by atoms with E-state index in [2.05, 4.69) is 18.7 Å². The molecule has 0 radical (unpaired) electrons. The lowest BCUT2D eigenvalue weighted by atomic mass is 10.0. The van der Waals surface area contributed by atoms with Crippen molar-refractivity contribution in [1.82, 2.24) is 0 Å². The third-order valence-electron chi connectivity index (χ3n) is 3.14. The predicted molar refractivity (Wildman–Crippen MR) is 89.3 cm³/mol. The Hall–Kier alpha value is -2.67. The number of carbonyl (C=O) groups is 1. The molecule has 0 aliphatic rings. The van der Waals surface area contributed by atoms with Crippen LogP contribution in [0.4, 0.5) is 0 Å². The van der Waals surface area contributed by atoms with Crippen LogP contribution in [-0.4, -0.2) is 5.78 Å². The lowest BCUT2D eigenvalue weighted by Crippen LogP contribution is -1.96. The van der Waals surface area contributed by atoms with Gasteiger partial charge in [0.05, 0.1) is 0 Å². The van der Waals surface area contributed by atoms with E-state index in [0.29, 0.717) is 5.56 Å². The van der Waals surface area contributed by atoms with E-state index in [1.807, 2.05) is 54.6 Å². The Morgan fingerprint density at radius 3 is 2.43 bits per heavy atom. The van der Waals surface area contributed by atoms with Gasteiger partial charge in [-0.25, -0.2) is 0 Å². The van der Waals surface area contributed by atoms with Gasteiger partial charge in [-0.3, -0.25) is 4.79 Å². The summed E-state index contributed by atoms with van der Waals surface area (Å²) in [7, 11) is 0. The minimum Gasteiger partial charge on any atom is -0.289 e. The summed E-state index contributed by atoms with van der Waals surface area (Å²) in [5, 5.41) is 0. The first-order chi connectivity index (χ1) is 10.3. The van der Waals surface area contributed by atoms with E-state index >= 15 is 0 Å². The van der Waals surface area contributed by atoms with Crippen molar-refractivity contribution < 1.29 is 4.79 Å². The van der Waals surface area contributed by atoms with E-state index in [1.165, 1.54) is 5.56 Å². The third kappa shape index (κ3) is 4.43. The summed E-state index contributed by atoms with van der Waals surface area (Å²) in [5.74, 6) is -0.00476. The van der Waals surface area contributed by atoms with E-state index in [0.717, 1.165) is 12.0 Å². The van der Waals surface area contributed by atoms with Gasteiger partial charge in [0.25, 0.3) is 0 Å². The summed E-state index contributed by atoms with van der Waals surface area (Å²) in [6.45, 7) is 3.73. The van der Waals surface area contributed by atoms with Crippen LogP contribution in [0.5, 0.6) is 0 Å². The molecular formula is C20H18O. The number of hydrogen-bond donors (Lipinski definition) is 0. The summed E-state index contributed by atoms with van der Waals surface area (Å²) in [5.41, 5.74) is 2.80. The maximum atomic E-state index is 12.1.